The molecule has 4 rings (SSSR count). The van der Waals surface area contributed by atoms with E-state index in [0.717, 1.165) is 31.5 Å². The van der Waals surface area contributed by atoms with Crippen LogP contribution in [0, 0.1) is 5.92 Å². The number of aryl methyl sites for hydroxylation is 1. The Morgan fingerprint density at radius 2 is 2.09 bits per heavy atom. The first-order valence-electron chi connectivity index (χ1n) is 8.85. The molecule has 4 heterocycles. The SMILES string of the molecule is Cn1cc([C@H]2OCC[C@@H]2C(=O)N2CCC(N3CCCC3)C2)cn1. The summed E-state index contributed by atoms with van der Waals surface area (Å²) in [5.74, 6) is 0.231. The van der Waals surface area contributed by atoms with E-state index < -0.39 is 0 Å². The topological polar surface area (TPSA) is 50.6 Å². The molecule has 1 aromatic heterocycles. The lowest BCUT2D eigenvalue weighted by Crippen LogP contribution is -2.39. The van der Waals surface area contributed by atoms with Gasteiger partial charge in [-0.2, -0.15) is 5.10 Å². The third kappa shape index (κ3) is 2.90. The van der Waals surface area contributed by atoms with Gasteiger partial charge in [0.25, 0.3) is 0 Å². The van der Waals surface area contributed by atoms with Crippen LogP contribution in [0.15, 0.2) is 12.4 Å². The molecule has 0 bridgehead atoms. The molecule has 1 aromatic rings. The largest absolute Gasteiger partial charge is 0.373 e. The lowest BCUT2D eigenvalue weighted by atomic mass is 9.96. The maximum Gasteiger partial charge on any atom is 0.228 e. The molecule has 0 spiro atoms. The second-order valence-corrected chi connectivity index (χ2v) is 7.10. The average Bonchev–Trinajstić information content (AvgIpc) is 3.31. The molecular formula is C17H26N4O2. The highest BCUT2D eigenvalue weighted by molar-refractivity contribution is 5.80. The molecule has 0 N–H and O–H groups in total. The van der Waals surface area contributed by atoms with Crippen molar-refractivity contribution < 1.29 is 9.53 Å². The zero-order valence-electron chi connectivity index (χ0n) is 13.9. The van der Waals surface area contributed by atoms with Crippen LogP contribution in [0.5, 0.6) is 0 Å². The van der Waals surface area contributed by atoms with Crippen molar-refractivity contribution >= 4 is 5.91 Å². The summed E-state index contributed by atoms with van der Waals surface area (Å²) < 4.78 is 7.64. The molecule has 1 amide bonds. The summed E-state index contributed by atoms with van der Waals surface area (Å²) in [6, 6.07) is 0.570. The molecule has 6 nitrogen and oxygen atoms in total. The van der Waals surface area contributed by atoms with E-state index in [1.165, 1.54) is 25.9 Å². The summed E-state index contributed by atoms with van der Waals surface area (Å²) in [5.41, 5.74) is 1.03. The molecule has 3 atom stereocenters. The first-order valence-corrected chi connectivity index (χ1v) is 8.85. The minimum absolute atomic E-state index is 0.0449. The molecule has 23 heavy (non-hydrogen) atoms. The van der Waals surface area contributed by atoms with E-state index in [4.69, 9.17) is 4.74 Å². The number of hydrogen-bond acceptors (Lipinski definition) is 4. The van der Waals surface area contributed by atoms with Gasteiger partial charge in [-0.15, -0.1) is 0 Å². The quantitative estimate of drug-likeness (QED) is 0.840. The molecule has 1 unspecified atom stereocenters. The summed E-state index contributed by atoms with van der Waals surface area (Å²) in [7, 11) is 1.90. The van der Waals surface area contributed by atoms with Crippen molar-refractivity contribution in [2.75, 3.05) is 32.8 Å². The zero-order valence-corrected chi connectivity index (χ0v) is 13.9. The van der Waals surface area contributed by atoms with Gasteiger partial charge in [0, 0.05) is 44.5 Å². The van der Waals surface area contributed by atoms with Gasteiger partial charge in [0.2, 0.25) is 5.91 Å². The Hall–Kier alpha value is -1.40. The highest BCUT2D eigenvalue weighted by atomic mass is 16.5. The third-order valence-electron chi connectivity index (χ3n) is 5.59. The van der Waals surface area contributed by atoms with Crippen LogP contribution in [0.1, 0.15) is 37.4 Å². The van der Waals surface area contributed by atoms with E-state index in [-0.39, 0.29) is 17.9 Å². The number of likely N-dealkylation sites (tertiary alicyclic amines) is 2. The Morgan fingerprint density at radius 1 is 1.26 bits per heavy atom. The predicted molar refractivity (Wildman–Crippen MR) is 85.8 cm³/mol. The molecule has 3 aliphatic heterocycles. The highest BCUT2D eigenvalue weighted by Gasteiger charge is 2.41. The number of carbonyl (C=O) groups is 1. The number of carbonyl (C=O) groups excluding carboxylic acids is 1. The molecule has 0 aliphatic carbocycles. The summed E-state index contributed by atoms with van der Waals surface area (Å²) in [4.78, 5) is 17.6. The maximum absolute atomic E-state index is 13.0. The van der Waals surface area contributed by atoms with Crippen molar-refractivity contribution in [2.24, 2.45) is 13.0 Å². The molecule has 0 saturated carbocycles. The van der Waals surface area contributed by atoms with Gasteiger partial charge in [-0.25, -0.2) is 0 Å². The molecule has 6 heteroatoms. The van der Waals surface area contributed by atoms with Crippen LogP contribution in [-0.4, -0.2) is 64.3 Å². The van der Waals surface area contributed by atoms with Crippen molar-refractivity contribution in [3.63, 3.8) is 0 Å². The summed E-state index contributed by atoms with van der Waals surface area (Å²) in [5, 5.41) is 4.22. The zero-order chi connectivity index (χ0) is 15.8. The molecule has 3 aliphatic rings. The van der Waals surface area contributed by atoms with Crippen LogP contribution in [-0.2, 0) is 16.6 Å². The van der Waals surface area contributed by atoms with E-state index in [0.29, 0.717) is 12.6 Å². The van der Waals surface area contributed by atoms with Crippen LogP contribution >= 0.6 is 0 Å². The van der Waals surface area contributed by atoms with E-state index in [1.807, 2.05) is 19.4 Å². The minimum atomic E-state index is -0.123. The fraction of sp³-hybridized carbons (Fsp3) is 0.765. The lowest BCUT2D eigenvalue weighted by molar-refractivity contribution is -0.136. The van der Waals surface area contributed by atoms with Crippen molar-refractivity contribution in [1.82, 2.24) is 19.6 Å². The van der Waals surface area contributed by atoms with Crippen molar-refractivity contribution in [2.45, 2.75) is 37.8 Å². The van der Waals surface area contributed by atoms with E-state index in [2.05, 4.69) is 14.9 Å². The van der Waals surface area contributed by atoms with Gasteiger partial charge in [-0.05, 0) is 38.8 Å². The Balaban J connectivity index is 1.42. The van der Waals surface area contributed by atoms with Crippen molar-refractivity contribution in [1.29, 1.82) is 0 Å². The van der Waals surface area contributed by atoms with E-state index >= 15 is 0 Å². The fourth-order valence-corrected chi connectivity index (χ4v) is 4.34. The van der Waals surface area contributed by atoms with Gasteiger partial charge in [0.05, 0.1) is 18.2 Å². The van der Waals surface area contributed by atoms with Gasteiger partial charge in [-0.1, -0.05) is 0 Å². The molecule has 0 aromatic carbocycles. The van der Waals surface area contributed by atoms with Crippen LogP contribution in [0.4, 0.5) is 0 Å². The lowest BCUT2D eigenvalue weighted by Gasteiger charge is -2.26. The Kier molecular flexibility index (Phi) is 4.11. The third-order valence-corrected chi connectivity index (χ3v) is 5.59. The maximum atomic E-state index is 13.0. The normalized spacial score (nSPS) is 32.0. The summed E-state index contributed by atoms with van der Waals surface area (Å²) >= 11 is 0. The van der Waals surface area contributed by atoms with Crippen LogP contribution in [0.25, 0.3) is 0 Å². The number of amides is 1. The Labute approximate surface area is 137 Å². The first-order chi connectivity index (χ1) is 11.2. The van der Waals surface area contributed by atoms with E-state index in [1.54, 1.807) is 4.68 Å². The van der Waals surface area contributed by atoms with Gasteiger partial charge >= 0.3 is 0 Å². The average molecular weight is 318 g/mol. The fourth-order valence-electron chi connectivity index (χ4n) is 4.34. The summed E-state index contributed by atoms with van der Waals surface area (Å²) in [6.07, 6.45) is 8.23. The van der Waals surface area contributed by atoms with Crippen LogP contribution in [0.2, 0.25) is 0 Å². The first kappa shape index (κ1) is 15.1. The van der Waals surface area contributed by atoms with Gasteiger partial charge in [0.1, 0.15) is 0 Å². The van der Waals surface area contributed by atoms with Gasteiger partial charge < -0.3 is 9.64 Å². The molecule has 3 saturated heterocycles. The Morgan fingerprint density at radius 3 is 2.83 bits per heavy atom. The van der Waals surface area contributed by atoms with E-state index in [9.17, 15) is 4.79 Å². The second kappa shape index (κ2) is 6.24. The number of nitrogens with zero attached hydrogens (tertiary/aromatic N) is 4. The predicted octanol–water partition coefficient (Wildman–Crippen LogP) is 1.19. The van der Waals surface area contributed by atoms with Crippen molar-refractivity contribution in [3.05, 3.63) is 18.0 Å². The monoisotopic (exact) mass is 318 g/mol. The van der Waals surface area contributed by atoms with Crippen molar-refractivity contribution in [3.8, 4) is 0 Å². The minimum Gasteiger partial charge on any atom is -0.373 e. The van der Waals surface area contributed by atoms with Gasteiger partial charge in [-0.3, -0.25) is 14.4 Å². The highest BCUT2D eigenvalue weighted by Crippen LogP contribution is 2.36. The number of aromatic nitrogens is 2. The smallest absolute Gasteiger partial charge is 0.228 e. The number of ether oxygens (including phenoxy) is 1. The molecule has 126 valence electrons. The standard InChI is InChI=1S/C17H26N4O2/c1-19-11-13(10-18-19)16-15(5-9-23-16)17(22)21-8-4-14(12-21)20-6-2-3-7-20/h10-11,14-16H,2-9,12H2,1H3/t14?,15-,16+/m0/s1. The van der Waals surface area contributed by atoms with Crippen LogP contribution in [0.3, 0.4) is 0 Å². The number of hydrogen-bond donors (Lipinski definition) is 0. The number of rotatable bonds is 3. The molecule has 3 fully saturated rings. The Bertz CT molecular complexity index is 567. The molecule has 0 radical (unpaired) electrons. The summed E-state index contributed by atoms with van der Waals surface area (Å²) in [6.45, 7) is 4.87. The molecular weight excluding hydrogens is 292 g/mol. The van der Waals surface area contributed by atoms with Crippen LogP contribution < -0.4 is 0 Å². The van der Waals surface area contributed by atoms with Gasteiger partial charge in [0.15, 0.2) is 0 Å². The second-order valence-electron chi connectivity index (χ2n) is 7.10.